The Morgan fingerprint density at radius 2 is 1.83 bits per heavy atom. The van der Waals surface area contributed by atoms with E-state index in [4.69, 9.17) is 22.3 Å². The molecule has 6 rings (SSSR count). The smallest absolute Gasteiger partial charge is 0.322 e. The second kappa shape index (κ2) is 15.1. The maximum Gasteiger partial charge on any atom is 0.322 e. The Hall–Kier alpha value is -3.32. The van der Waals surface area contributed by atoms with Crippen molar-refractivity contribution in [1.82, 2.24) is 29.6 Å². The molecule has 1 aromatic heterocycles. The fourth-order valence-electron chi connectivity index (χ4n) is 6.72. The Morgan fingerprint density at radius 3 is 2.56 bits per heavy atom. The molecule has 3 aromatic carbocycles. The van der Waals surface area contributed by atoms with Crippen molar-refractivity contribution < 1.29 is 9.59 Å². The summed E-state index contributed by atoms with van der Waals surface area (Å²) in [6.45, 7) is 3.38. The van der Waals surface area contributed by atoms with Crippen molar-refractivity contribution in [2.24, 2.45) is 0 Å². The largest absolute Gasteiger partial charge is 0.397 e. The van der Waals surface area contributed by atoms with Crippen LogP contribution in [0.15, 0.2) is 63.5 Å². The van der Waals surface area contributed by atoms with E-state index in [2.05, 4.69) is 72.1 Å². The second-order valence-electron chi connectivity index (χ2n) is 12.8. The molecule has 1 atom stereocenters. The van der Waals surface area contributed by atoms with Gasteiger partial charge in [0.1, 0.15) is 5.82 Å². The number of halogens is 3. The van der Waals surface area contributed by atoms with E-state index in [-0.39, 0.29) is 18.1 Å². The third-order valence-corrected chi connectivity index (χ3v) is 10.8. The number of benzene rings is 3. The van der Waals surface area contributed by atoms with Crippen molar-refractivity contribution in [3.05, 3.63) is 85.5 Å². The number of hydrogen-bond acceptors (Lipinski definition) is 5. The van der Waals surface area contributed by atoms with Gasteiger partial charge >= 0.3 is 12.1 Å². The van der Waals surface area contributed by atoms with Gasteiger partial charge < -0.3 is 35.6 Å². The maximum absolute atomic E-state index is 14.0. The van der Waals surface area contributed by atoms with Gasteiger partial charge in [0.2, 0.25) is 0 Å². The van der Waals surface area contributed by atoms with Gasteiger partial charge in [-0.05, 0) is 126 Å². The molecule has 3 heterocycles. The molecule has 4 amide bonds. The number of urea groups is 2. The topological polar surface area (TPSA) is 112 Å². The van der Waals surface area contributed by atoms with Crippen molar-refractivity contribution in [1.29, 1.82) is 0 Å². The number of rotatable bonds is 9. The van der Waals surface area contributed by atoms with Gasteiger partial charge in [-0.25, -0.2) is 14.6 Å². The van der Waals surface area contributed by atoms with Crippen molar-refractivity contribution in [3.63, 3.8) is 0 Å². The zero-order valence-electron chi connectivity index (χ0n) is 27.2. The molecule has 0 bridgehead atoms. The van der Waals surface area contributed by atoms with Gasteiger partial charge in [0.15, 0.2) is 0 Å². The van der Waals surface area contributed by atoms with Gasteiger partial charge in [-0.2, -0.15) is 0 Å². The van der Waals surface area contributed by atoms with Crippen molar-refractivity contribution in [3.8, 4) is 0 Å². The number of nitrogens with one attached hydrogen (secondary N) is 2. The molecule has 48 heavy (non-hydrogen) atoms. The van der Waals surface area contributed by atoms with Gasteiger partial charge in [-0.1, -0.05) is 29.8 Å². The predicted octanol–water partition coefficient (Wildman–Crippen LogP) is 7.30. The SMILES string of the molecule is CN(C)CCCn1c([C@@H](Cc2cc(Br)c(N)c(Br)c2)NC(=O)N2CCC(N3CCc4ccccc4NC3=O)CC2)nc2ccc(Cl)cc21. The number of anilines is 2. The first-order chi connectivity index (χ1) is 23.1. The summed E-state index contributed by atoms with van der Waals surface area (Å²) < 4.78 is 3.76. The Labute approximate surface area is 303 Å². The van der Waals surface area contributed by atoms with Gasteiger partial charge in [-0.3, -0.25) is 0 Å². The molecule has 10 nitrogen and oxygen atoms in total. The molecule has 0 radical (unpaired) electrons. The Kier molecular flexibility index (Phi) is 10.8. The monoisotopic (exact) mass is 798 g/mol. The summed E-state index contributed by atoms with van der Waals surface area (Å²) in [6, 6.07) is 17.1. The first-order valence-corrected chi connectivity index (χ1v) is 18.3. The number of para-hydroxylation sites is 1. The normalized spacial score (nSPS) is 16.2. The zero-order chi connectivity index (χ0) is 33.9. The number of hydrogen-bond donors (Lipinski definition) is 3. The highest BCUT2D eigenvalue weighted by molar-refractivity contribution is 9.11. The highest BCUT2D eigenvalue weighted by atomic mass is 79.9. The predicted molar refractivity (Wildman–Crippen MR) is 200 cm³/mol. The third-order valence-electron chi connectivity index (χ3n) is 9.25. The molecule has 0 aliphatic carbocycles. The molecule has 4 N–H and O–H groups in total. The molecule has 13 heteroatoms. The number of likely N-dealkylation sites (tertiary alicyclic amines) is 1. The lowest BCUT2D eigenvalue weighted by Gasteiger charge is -2.38. The molecule has 4 aromatic rings. The van der Waals surface area contributed by atoms with Crippen molar-refractivity contribution in [2.45, 2.75) is 50.7 Å². The molecule has 1 saturated heterocycles. The van der Waals surface area contributed by atoms with E-state index in [1.54, 1.807) is 0 Å². The molecule has 1 fully saturated rings. The number of nitrogen functional groups attached to an aromatic ring is 1. The summed E-state index contributed by atoms with van der Waals surface area (Å²) in [4.78, 5) is 38.2. The van der Waals surface area contributed by atoms with Crippen LogP contribution in [0.3, 0.4) is 0 Å². The number of fused-ring (bicyclic) bond motifs is 2. The van der Waals surface area contributed by atoms with Crippen molar-refractivity contribution >= 4 is 77.9 Å². The van der Waals surface area contributed by atoms with Crippen LogP contribution in [0.5, 0.6) is 0 Å². The van der Waals surface area contributed by atoms with E-state index in [0.717, 1.165) is 68.5 Å². The van der Waals surface area contributed by atoms with Gasteiger partial charge in [0.05, 0.1) is 22.8 Å². The lowest BCUT2D eigenvalue weighted by atomic mass is 10.0. The minimum Gasteiger partial charge on any atom is -0.397 e. The standard InChI is InChI=1S/C35H41Br2ClN8O2/c1-43(2)13-5-14-46-31-21-24(38)8-9-29(31)40-33(46)30(20-22-18-26(36)32(39)27(37)19-22)42-34(47)44-15-11-25(12-16-44)45-17-10-23-6-3-4-7-28(23)41-35(45)48/h3-4,6-9,18-19,21,25,30H,5,10-17,20,39H2,1-2H3,(H,41,48)(H,42,47)/t30-/m1/s1. The van der Waals surface area contributed by atoms with Crippen LogP contribution in [-0.2, 0) is 19.4 Å². The van der Waals surface area contributed by atoms with Gasteiger partial charge in [-0.15, -0.1) is 0 Å². The summed E-state index contributed by atoms with van der Waals surface area (Å²) in [7, 11) is 4.12. The van der Waals surface area contributed by atoms with E-state index in [0.29, 0.717) is 49.6 Å². The number of aryl methyl sites for hydroxylation is 1. The molecule has 2 aliphatic heterocycles. The Morgan fingerprint density at radius 1 is 1.10 bits per heavy atom. The van der Waals surface area contributed by atoms with Crippen molar-refractivity contribution in [2.75, 3.05) is 51.3 Å². The van der Waals surface area contributed by atoms with E-state index in [1.807, 2.05) is 58.3 Å². The number of piperidine rings is 1. The minimum atomic E-state index is -0.432. The van der Waals surface area contributed by atoms with Gasteiger partial charge in [0, 0.05) is 58.3 Å². The van der Waals surface area contributed by atoms with Crippen LogP contribution in [0, 0.1) is 0 Å². The van der Waals surface area contributed by atoms with E-state index < -0.39 is 6.04 Å². The summed E-state index contributed by atoms with van der Waals surface area (Å²) in [6.07, 6.45) is 3.62. The highest BCUT2D eigenvalue weighted by Crippen LogP contribution is 2.33. The second-order valence-corrected chi connectivity index (χ2v) is 15.0. The number of nitrogens with zero attached hydrogens (tertiary/aromatic N) is 5. The summed E-state index contributed by atoms with van der Waals surface area (Å²) >= 11 is 13.6. The number of carbonyl (C=O) groups excluding carboxylic acids is 2. The van der Waals surface area contributed by atoms with Crippen LogP contribution >= 0.6 is 43.5 Å². The van der Waals surface area contributed by atoms with Crippen LogP contribution in [0.25, 0.3) is 11.0 Å². The van der Waals surface area contributed by atoms with Crippen LogP contribution < -0.4 is 16.4 Å². The molecule has 2 aliphatic rings. The number of carbonyl (C=O) groups is 2. The number of aromatic nitrogens is 2. The quantitative estimate of drug-likeness (QED) is 0.154. The van der Waals surface area contributed by atoms with Crippen LogP contribution in [0.4, 0.5) is 21.0 Å². The van der Waals surface area contributed by atoms with E-state index >= 15 is 0 Å². The molecule has 254 valence electrons. The maximum atomic E-state index is 14.0. The first kappa shape index (κ1) is 34.5. The number of imidazole rings is 1. The third kappa shape index (κ3) is 7.77. The first-order valence-electron chi connectivity index (χ1n) is 16.3. The van der Waals surface area contributed by atoms with E-state index in [9.17, 15) is 9.59 Å². The fourth-order valence-corrected chi connectivity index (χ4v) is 8.16. The number of nitrogens with two attached hydrogens (primary N) is 1. The lowest BCUT2D eigenvalue weighted by Crippen LogP contribution is -2.52. The molecule has 0 unspecified atom stereocenters. The molecular weight excluding hydrogens is 760 g/mol. The Balaban J connectivity index is 1.22. The fraction of sp³-hybridized carbons (Fsp3) is 0.400. The average Bonchev–Trinajstić information content (AvgIpc) is 3.31. The van der Waals surface area contributed by atoms with Crippen LogP contribution in [0.1, 0.15) is 42.3 Å². The highest BCUT2D eigenvalue weighted by Gasteiger charge is 2.33. The Bertz CT molecular complexity index is 1780. The lowest BCUT2D eigenvalue weighted by molar-refractivity contribution is 0.133. The zero-order valence-corrected chi connectivity index (χ0v) is 31.1. The molecule has 0 spiro atoms. The molecular formula is C35H41Br2ClN8O2. The summed E-state index contributed by atoms with van der Waals surface area (Å²) in [5.41, 5.74) is 11.6. The number of amides is 4. The van der Waals surface area contributed by atoms with Crippen LogP contribution in [0.2, 0.25) is 5.02 Å². The summed E-state index contributed by atoms with van der Waals surface area (Å²) in [5, 5.41) is 7.07. The average molecular weight is 801 g/mol. The van der Waals surface area contributed by atoms with Gasteiger partial charge in [0.25, 0.3) is 0 Å². The van der Waals surface area contributed by atoms with E-state index in [1.165, 1.54) is 0 Å². The summed E-state index contributed by atoms with van der Waals surface area (Å²) in [5.74, 6) is 0.777. The van der Waals surface area contributed by atoms with Crippen LogP contribution in [-0.4, -0.2) is 82.6 Å². The molecule has 0 saturated carbocycles. The minimum absolute atomic E-state index is 0.0641.